The van der Waals surface area contributed by atoms with Crippen LogP contribution >= 0.6 is 0 Å². The summed E-state index contributed by atoms with van der Waals surface area (Å²) in [6, 6.07) is 8.15. The summed E-state index contributed by atoms with van der Waals surface area (Å²) in [6.07, 6.45) is 0.987. The van der Waals surface area contributed by atoms with Crippen LogP contribution in [0.4, 0.5) is 0 Å². The third-order valence-corrected chi connectivity index (χ3v) is 2.37. The number of hydrogen-bond acceptors (Lipinski definition) is 2. The van der Waals surface area contributed by atoms with E-state index >= 15 is 0 Å². The molecule has 2 heteroatoms. The van der Waals surface area contributed by atoms with Gasteiger partial charge in [-0.15, -0.1) is 0 Å². The second-order valence-corrected chi connectivity index (χ2v) is 4.40. The zero-order valence-corrected chi connectivity index (χ0v) is 9.21. The van der Waals surface area contributed by atoms with E-state index in [1.165, 1.54) is 5.56 Å². The van der Waals surface area contributed by atoms with Gasteiger partial charge in [0.05, 0.1) is 7.11 Å². The molecular weight excluding hydrogens is 174 g/mol. The molecule has 2 nitrogen and oxygen atoms in total. The highest BCUT2D eigenvalue weighted by molar-refractivity contribution is 5.29. The molecule has 0 bridgehead atoms. The zero-order valence-electron chi connectivity index (χ0n) is 9.21. The Balaban J connectivity index is 2.76. The molecule has 0 fully saturated rings. The first-order chi connectivity index (χ1) is 6.57. The number of hydrogen-bond donors (Lipinski definition) is 1. The molecule has 78 valence electrons. The van der Waals surface area contributed by atoms with E-state index in [9.17, 15) is 0 Å². The highest BCUT2D eigenvalue weighted by Crippen LogP contribution is 2.22. The van der Waals surface area contributed by atoms with Crippen LogP contribution in [0.3, 0.4) is 0 Å². The SMILES string of the molecule is COc1cccc(CC(C)(C)CN)c1. The van der Waals surface area contributed by atoms with Gasteiger partial charge in [-0.25, -0.2) is 0 Å². The Morgan fingerprint density at radius 3 is 2.64 bits per heavy atom. The summed E-state index contributed by atoms with van der Waals surface area (Å²) in [5.74, 6) is 0.912. The number of benzene rings is 1. The van der Waals surface area contributed by atoms with Crippen LogP contribution < -0.4 is 10.5 Å². The predicted molar refractivity (Wildman–Crippen MR) is 59.5 cm³/mol. The summed E-state index contributed by atoms with van der Waals surface area (Å²) < 4.78 is 5.17. The standard InChI is InChI=1S/C12H19NO/c1-12(2,9-13)8-10-5-4-6-11(7-10)14-3/h4-7H,8-9,13H2,1-3H3. The molecule has 1 aromatic rings. The smallest absolute Gasteiger partial charge is 0.119 e. The van der Waals surface area contributed by atoms with Crippen LogP contribution in [-0.4, -0.2) is 13.7 Å². The van der Waals surface area contributed by atoms with Crippen LogP contribution in [0.2, 0.25) is 0 Å². The van der Waals surface area contributed by atoms with E-state index in [-0.39, 0.29) is 5.41 Å². The van der Waals surface area contributed by atoms with Crippen molar-refractivity contribution in [1.82, 2.24) is 0 Å². The molecule has 0 aliphatic heterocycles. The second-order valence-electron chi connectivity index (χ2n) is 4.40. The van der Waals surface area contributed by atoms with Gasteiger partial charge in [0.1, 0.15) is 5.75 Å². The van der Waals surface area contributed by atoms with Crippen LogP contribution in [0.25, 0.3) is 0 Å². The molecule has 0 aromatic heterocycles. The van der Waals surface area contributed by atoms with Crippen LogP contribution in [-0.2, 0) is 6.42 Å². The van der Waals surface area contributed by atoms with Crippen LogP contribution in [0, 0.1) is 5.41 Å². The summed E-state index contributed by atoms with van der Waals surface area (Å²) in [4.78, 5) is 0. The van der Waals surface area contributed by atoms with Crippen molar-refractivity contribution in [2.24, 2.45) is 11.1 Å². The van der Waals surface area contributed by atoms with E-state index in [1.807, 2.05) is 12.1 Å². The Kier molecular flexibility index (Phi) is 3.53. The maximum absolute atomic E-state index is 5.69. The van der Waals surface area contributed by atoms with Gasteiger partial charge in [0.15, 0.2) is 0 Å². The van der Waals surface area contributed by atoms with Gasteiger partial charge >= 0.3 is 0 Å². The van der Waals surface area contributed by atoms with Gasteiger partial charge in [0, 0.05) is 0 Å². The quantitative estimate of drug-likeness (QED) is 0.795. The Labute approximate surface area is 86.1 Å². The van der Waals surface area contributed by atoms with Gasteiger partial charge in [-0.2, -0.15) is 0 Å². The minimum Gasteiger partial charge on any atom is -0.497 e. The Hall–Kier alpha value is -1.02. The predicted octanol–water partition coefficient (Wildman–Crippen LogP) is 2.22. The summed E-state index contributed by atoms with van der Waals surface area (Å²) >= 11 is 0. The van der Waals surface area contributed by atoms with Crippen molar-refractivity contribution in [2.75, 3.05) is 13.7 Å². The molecule has 0 amide bonds. The first kappa shape index (κ1) is 11.1. The van der Waals surface area contributed by atoms with Crippen molar-refractivity contribution in [3.8, 4) is 5.75 Å². The van der Waals surface area contributed by atoms with E-state index in [0.717, 1.165) is 12.2 Å². The third-order valence-electron chi connectivity index (χ3n) is 2.37. The van der Waals surface area contributed by atoms with Gasteiger partial charge < -0.3 is 10.5 Å². The summed E-state index contributed by atoms with van der Waals surface area (Å²) in [5.41, 5.74) is 7.13. The molecule has 1 rings (SSSR count). The minimum atomic E-state index is 0.159. The van der Waals surface area contributed by atoms with Crippen molar-refractivity contribution in [3.63, 3.8) is 0 Å². The van der Waals surface area contributed by atoms with E-state index in [4.69, 9.17) is 10.5 Å². The molecule has 0 aliphatic carbocycles. The first-order valence-electron chi connectivity index (χ1n) is 4.90. The van der Waals surface area contributed by atoms with Gasteiger partial charge in [0.2, 0.25) is 0 Å². The number of methoxy groups -OCH3 is 1. The average Bonchev–Trinajstić information content (AvgIpc) is 2.17. The molecule has 0 atom stereocenters. The largest absolute Gasteiger partial charge is 0.497 e. The number of ether oxygens (including phenoxy) is 1. The molecule has 2 N–H and O–H groups in total. The maximum atomic E-state index is 5.69. The first-order valence-corrected chi connectivity index (χ1v) is 4.90. The molecule has 0 unspecified atom stereocenters. The molecule has 0 spiro atoms. The highest BCUT2D eigenvalue weighted by atomic mass is 16.5. The molecular formula is C12H19NO. The molecule has 0 aliphatic rings. The van der Waals surface area contributed by atoms with Crippen LogP contribution in [0.15, 0.2) is 24.3 Å². The lowest BCUT2D eigenvalue weighted by atomic mass is 9.86. The normalized spacial score (nSPS) is 11.4. The van der Waals surface area contributed by atoms with Crippen molar-refractivity contribution in [3.05, 3.63) is 29.8 Å². The van der Waals surface area contributed by atoms with E-state index in [0.29, 0.717) is 6.54 Å². The molecule has 14 heavy (non-hydrogen) atoms. The van der Waals surface area contributed by atoms with Gasteiger partial charge in [-0.05, 0) is 36.1 Å². The molecule has 0 heterocycles. The van der Waals surface area contributed by atoms with Crippen LogP contribution in [0.1, 0.15) is 19.4 Å². The van der Waals surface area contributed by atoms with E-state index in [1.54, 1.807) is 7.11 Å². The second kappa shape index (κ2) is 4.47. The number of rotatable bonds is 4. The highest BCUT2D eigenvalue weighted by Gasteiger charge is 2.16. The molecule has 0 saturated heterocycles. The number of nitrogens with two attached hydrogens (primary N) is 1. The lowest BCUT2D eigenvalue weighted by molar-refractivity contribution is 0.374. The fourth-order valence-electron chi connectivity index (χ4n) is 1.41. The van der Waals surface area contributed by atoms with Gasteiger partial charge in [-0.1, -0.05) is 26.0 Å². The summed E-state index contributed by atoms with van der Waals surface area (Å²) in [5, 5.41) is 0. The fourth-order valence-corrected chi connectivity index (χ4v) is 1.41. The Morgan fingerprint density at radius 1 is 1.36 bits per heavy atom. The zero-order chi connectivity index (χ0) is 10.6. The molecule has 0 radical (unpaired) electrons. The summed E-state index contributed by atoms with van der Waals surface area (Å²) in [7, 11) is 1.69. The Bertz CT molecular complexity index is 294. The van der Waals surface area contributed by atoms with Crippen molar-refractivity contribution < 1.29 is 4.74 Å². The van der Waals surface area contributed by atoms with Crippen molar-refractivity contribution in [1.29, 1.82) is 0 Å². The van der Waals surface area contributed by atoms with Crippen LogP contribution in [0.5, 0.6) is 5.75 Å². The fraction of sp³-hybridized carbons (Fsp3) is 0.500. The van der Waals surface area contributed by atoms with E-state index in [2.05, 4.69) is 26.0 Å². The lowest BCUT2D eigenvalue weighted by Gasteiger charge is -2.22. The van der Waals surface area contributed by atoms with Gasteiger partial charge in [-0.3, -0.25) is 0 Å². The van der Waals surface area contributed by atoms with E-state index < -0.39 is 0 Å². The third kappa shape index (κ3) is 3.04. The monoisotopic (exact) mass is 193 g/mol. The summed E-state index contributed by atoms with van der Waals surface area (Å²) in [6.45, 7) is 5.04. The molecule has 1 aromatic carbocycles. The maximum Gasteiger partial charge on any atom is 0.119 e. The van der Waals surface area contributed by atoms with Gasteiger partial charge in [0.25, 0.3) is 0 Å². The average molecular weight is 193 g/mol. The Morgan fingerprint density at radius 2 is 2.07 bits per heavy atom. The van der Waals surface area contributed by atoms with Crippen molar-refractivity contribution >= 4 is 0 Å². The minimum absolute atomic E-state index is 0.159. The topological polar surface area (TPSA) is 35.2 Å². The van der Waals surface area contributed by atoms with Crippen molar-refractivity contribution in [2.45, 2.75) is 20.3 Å². The lowest BCUT2D eigenvalue weighted by Crippen LogP contribution is -2.25. The molecule has 0 saturated carbocycles.